The van der Waals surface area contributed by atoms with Crippen LogP contribution in [0.25, 0.3) is 10.9 Å². The lowest BCUT2D eigenvalue weighted by atomic mass is 10.1. The quantitative estimate of drug-likeness (QED) is 0.868. The molecule has 1 aromatic carbocycles. The Balaban J connectivity index is 0.000000963. The maximum Gasteiger partial charge on any atom is 0.0702 e. The number of hydrogen-bond donors (Lipinski definition) is 1. The van der Waals surface area contributed by atoms with E-state index in [2.05, 4.69) is 17.1 Å². The Hall–Kier alpha value is -1.12. The summed E-state index contributed by atoms with van der Waals surface area (Å²) in [6, 6.07) is 8.51. The molecule has 1 aliphatic carbocycles. The smallest absolute Gasteiger partial charge is 0.0702 e. The molecule has 16 heavy (non-hydrogen) atoms. The Bertz CT molecular complexity index is 506. The lowest BCUT2D eigenvalue weighted by molar-refractivity contribution is 1.07. The highest BCUT2D eigenvalue weighted by atomic mass is 35.5. The van der Waals surface area contributed by atoms with Crippen molar-refractivity contribution in [3.63, 3.8) is 0 Å². The average Bonchev–Trinajstić information content (AvgIpc) is 3.11. The molecule has 0 spiro atoms. The first-order valence-corrected chi connectivity index (χ1v) is 5.45. The molecule has 3 rings (SSSR count). The van der Waals surface area contributed by atoms with Gasteiger partial charge in [0.15, 0.2) is 0 Å². The van der Waals surface area contributed by atoms with Gasteiger partial charge in [0.1, 0.15) is 0 Å². The first-order valence-electron chi connectivity index (χ1n) is 5.45. The van der Waals surface area contributed by atoms with Crippen molar-refractivity contribution in [2.45, 2.75) is 25.3 Å². The van der Waals surface area contributed by atoms with E-state index in [1.165, 1.54) is 29.4 Å². The molecule has 0 amide bonds. The van der Waals surface area contributed by atoms with Crippen LogP contribution >= 0.6 is 12.4 Å². The van der Waals surface area contributed by atoms with Crippen molar-refractivity contribution >= 4 is 23.3 Å². The molecule has 2 aromatic rings. The number of halogens is 1. The van der Waals surface area contributed by atoms with E-state index in [9.17, 15) is 0 Å². The third kappa shape index (κ3) is 2.04. The molecule has 0 unspecified atom stereocenters. The molecule has 0 radical (unpaired) electrons. The predicted octanol–water partition coefficient (Wildman–Crippen LogP) is 2.99. The van der Waals surface area contributed by atoms with Crippen molar-refractivity contribution in [3.05, 3.63) is 41.6 Å². The molecule has 0 atom stereocenters. The third-order valence-electron chi connectivity index (χ3n) is 3.05. The molecular formula is C13H15ClN2. The van der Waals surface area contributed by atoms with E-state index in [1.807, 2.05) is 18.3 Å². The van der Waals surface area contributed by atoms with Gasteiger partial charge in [0, 0.05) is 18.1 Å². The van der Waals surface area contributed by atoms with Crippen molar-refractivity contribution in [3.8, 4) is 0 Å². The summed E-state index contributed by atoms with van der Waals surface area (Å²) >= 11 is 0. The standard InChI is InChI=1S/C13H14N2.ClH/c14-7-9-1-4-13-11(5-9)6-12(8-15-13)10-2-3-10;/h1,4-6,8,10H,2-3,7,14H2;1H. The summed E-state index contributed by atoms with van der Waals surface area (Å²) in [5, 5.41) is 1.22. The van der Waals surface area contributed by atoms with Crippen molar-refractivity contribution in [2.24, 2.45) is 5.73 Å². The molecule has 0 aliphatic heterocycles. The fourth-order valence-corrected chi connectivity index (χ4v) is 1.96. The fraction of sp³-hybridized carbons (Fsp3) is 0.308. The van der Waals surface area contributed by atoms with Crippen LogP contribution in [0.5, 0.6) is 0 Å². The Kier molecular flexibility index (Phi) is 3.13. The minimum absolute atomic E-state index is 0. The van der Waals surface area contributed by atoms with Crippen LogP contribution in [0.4, 0.5) is 0 Å². The summed E-state index contributed by atoms with van der Waals surface area (Å²) in [6.45, 7) is 0.601. The Morgan fingerprint density at radius 2 is 2.06 bits per heavy atom. The topological polar surface area (TPSA) is 38.9 Å². The van der Waals surface area contributed by atoms with E-state index in [1.54, 1.807) is 0 Å². The van der Waals surface area contributed by atoms with Gasteiger partial charge in [-0.25, -0.2) is 0 Å². The summed E-state index contributed by atoms with van der Waals surface area (Å²) in [5.41, 5.74) is 9.26. The van der Waals surface area contributed by atoms with Gasteiger partial charge in [-0.15, -0.1) is 12.4 Å². The zero-order valence-corrected chi connectivity index (χ0v) is 9.83. The van der Waals surface area contributed by atoms with Crippen molar-refractivity contribution in [1.82, 2.24) is 4.98 Å². The van der Waals surface area contributed by atoms with E-state index in [-0.39, 0.29) is 12.4 Å². The van der Waals surface area contributed by atoms with E-state index < -0.39 is 0 Å². The molecule has 1 aliphatic rings. The third-order valence-corrected chi connectivity index (χ3v) is 3.05. The van der Waals surface area contributed by atoms with E-state index in [4.69, 9.17) is 5.73 Å². The molecule has 0 saturated heterocycles. The molecule has 3 heteroatoms. The average molecular weight is 235 g/mol. The molecule has 1 aromatic heterocycles. The Morgan fingerprint density at radius 3 is 2.75 bits per heavy atom. The minimum Gasteiger partial charge on any atom is -0.326 e. The molecule has 0 bridgehead atoms. The van der Waals surface area contributed by atoms with Gasteiger partial charge < -0.3 is 5.73 Å². The second kappa shape index (κ2) is 4.40. The number of aromatic nitrogens is 1. The molecule has 1 saturated carbocycles. The van der Waals surface area contributed by atoms with E-state index in [0.717, 1.165) is 11.4 Å². The van der Waals surface area contributed by atoms with Gasteiger partial charge in [0.05, 0.1) is 5.52 Å². The van der Waals surface area contributed by atoms with Gasteiger partial charge in [0.2, 0.25) is 0 Å². The second-order valence-corrected chi connectivity index (χ2v) is 4.27. The van der Waals surface area contributed by atoms with Crippen molar-refractivity contribution in [2.75, 3.05) is 0 Å². The molecule has 2 nitrogen and oxygen atoms in total. The Labute approximate surface area is 101 Å². The summed E-state index contributed by atoms with van der Waals surface area (Å²) in [7, 11) is 0. The van der Waals surface area contributed by atoms with Crippen molar-refractivity contribution in [1.29, 1.82) is 0 Å². The molecule has 84 valence electrons. The van der Waals surface area contributed by atoms with Crippen molar-refractivity contribution < 1.29 is 0 Å². The number of hydrogen-bond acceptors (Lipinski definition) is 2. The zero-order chi connectivity index (χ0) is 10.3. The van der Waals surface area contributed by atoms with Gasteiger partial charge in [-0.2, -0.15) is 0 Å². The number of nitrogens with zero attached hydrogens (tertiary/aromatic N) is 1. The molecule has 1 fully saturated rings. The highest BCUT2D eigenvalue weighted by Gasteiger charge is 2.23. The number of benzene rings is 1. The second-order valence-electron chi connectivity index (χ2n) is 4.27. The van der Waals surface area contributed by atoms with Crippen LogP contribution in [0, 0.1) is 0 Å². The Morgan fingerprint density at radius 1 is 1.25 bits per heavy atom. The van der Waals surface area contributed by atoms with Gasteiger partial charge in [-0.3, -0.25) is 4.98 Å². The number of nitrogens with two attached hydrogens (primary N) is 1. The SMILES string of the molecule is Cl.NCc1ccc2ncc(C3CC3)cc2c1. The first kappa shape index (κ1) is 11.4. The summed E-state index contributed by atoms with van der Waals surface area (Å²) in [5.74, 6) is 0.767. The number of fused-ring (bicyclic) bond motifs is 1. The maximum absolute atomic E-state index is 5.63. The predicted molar refractivity (Wildman–Crippen MR) is 68.9 cm³/mol. The van der Waals surface area contributed by atoms with E-state index >= 15 is 0 Å². The fourth-order valence-electron chi connectivity index (χ4n) is 1.96. The normalized spacial score (nSPS) is 14.8. The largest absolute Gasteiger partial charge is 0.326 e. The van der Waals surface area contributed by atoms with Gasteiger partial charge in [0.25, 0.3) is 0 Å². The molecule has 1 heterocycles. The number of rotatable bonds is 2. The van der Waals surface area contributed by atoms with Crippen LogP contribution in [0.15, 0.2) is 30.5 Å². The lowest BCUT2D eigenvalue weighted by Crippen LogP contribution is -1.96. The van der Waals surface area contributed by atoms with Crippen LogP contribution in [0.1, 0.15) is 29.9 Å². The summed E-state index contributed by atoms with van der Waals surface area (Å²) < 4.78 is 0. The van der Waals surface area contributed by atoms with Gasteiger partial charge in [-0.05, 0) is 48.1 Å². The van der Waals surface area contributed by atoms with E-state index in [0.29, 0.717) is 6.54 Å². The summed E-state index contributed by atoms with van der Waals surface area (Å²) in [6.07, 6.45) is 4.66. The van der Waals surface area contributed by atoms with Crippen LogP contribution < -0.4 is 5.73 Å². The van der Waals surface area contributed by atoms with Crippen LogP contribution in [-0.4, -0.2) is 4.98 Å². The minimum atomic E-state index is 0. The number of pyridine rings is 1. The molecule has 2 N–H and O–H groups in total. The first-order chi connectivity index (χ1) is 7.36. The monoisotopic (exact) mass is 234 g/mol. The molecular weight excluding hydrogens is 220 g/mol. The van der Waals surface area contributed by atoms with Gasteiger partial charge in [-0.1, -0.05) is 6.07 Å². The van der Waals surface area contributed by atoms with Gasteiger partial charge >= 0.3 is 0 Å². The van der Waals surface area contributed by atoms with Crippen LogP contribution in [0.3, 0.4) is 0 Å². The van der Waals surface area contributed by atoms with Crippen LogP contribution in [-0.2, 0) is 6.54 Å². The summed E-state index contributed by atoms with van der Waals surface area (Å²) in [4.78, 5) is 4.48. The van der Waals surface area contributed by atoms with Crippen LogP contribution in [0.2, 0.25) is 0 Å². The highest BCUT2D eigenvalue weighted by Crippen LogP contribution is 2.40. The maximum atomic E-state index is 5.63. The lowest BCUT2D eigenvalue weighted by Gasteiger charge is -2.03. The zero-order valence-electron chi connectivity index (χ0n) is 9.02. The highest BCUT2D eigenvalue weighted by molar-refractivity contribution is 5.85.